The number of unbranched alkanes of at least 4 members (excludes halogenated alkanes) is 1. The van der Waals surface area contributed by atoms with Gasteiger partial charge in [-0.25, -0.2) is 8.78 Å². The summed E-state index contributed by atoms with van der Waals surface area (Å²) in [5.74, 6) is -1.57. The number of rotatable bonds is 5. The van der Waals surface area contributed by atoms with E-state index in [1.54, 1.807) is 6.07 Å². The van der Waals surface area contributed by atoms with Crippen molar-refractivity contribution in [2.24, 2.45) is 0 Å². The van der Waals surface area contributed by atoms with Crippen molar-refractivity contribution in [2.45, 2.75) is 32.7 Å². The lowest BCUT2D eigenvalue weighted by Gasteiger charge is -2.13. The van der Waals surface area contributed by atoms with Crippen molar-refractivity contribution in [1.29, 1.82) is 0 Å². The number of benzene rings is 1. The van der Waals surface area contributed by atoms with Crippen LogP contribution in [0.1, 0.15) is 38.3 Å². The van der Waals surface area contributed by atoms with Gasteiger partial charge in [-0.1, -0.05) is 19.4 Å². The SMILES string of the molecule is CCCCN[C@@H](C)c1ccc(F)c(F)c1. The maximum absolute atomic E-state index is 12.9. The highest BCUT2D eigenvalue weighted by Gasteiger charge is 2.07. The summed E-state index contributed by atoms with van der Waals surface area (Å²) in [6.07, 6.45) is 2.21. The lowest BCUT2D eigenvalue weighted by atomic mass is 10.1. The summed E-state index contributed by atoms with van der Waals surface area (Å²) in [5, 5.41) is 3.26. The van der Waals surface area contributed by atoms with E-state index in [1.165, 1.54) is 12.1 Å². The second kappa shape index (κ2) is 5.81. The number of hydrogen-bond acceptors (Lipinski definition) is 1. The lowest BCUT2D eigenvalue weighted by Crippen LogP contribution is -2.19. The molecule has 0 heterocycles. The molecule has 0 amide bonds. The van der Waals surface area contributed by atoms with Crippen LogP contribution in [0.3, 0.4) is 0 Å². The number of nitrogens with one attached hydrogen (secondary N) is 1. The van der Waals surface area contributed by atoms with Gasteiger partial charge in [0.1, 0.15) is 0 Å². The Bertz CT molecular complexity index is 312. The molecule has 1 nitrogen and oxygen atoms in total. The molecule has 0 aliphatic heterocycles. The Morgan fingerprint density at radius 3 is 2.60 bits per heavy atom. The fourth-order valence-electron chi connectivity index (χ4n) is 1.39. The zero-order valence-electron chi connectivity index (χ0n) is 9.19. The second-order valence-electron chi connectivity index (χ2n) is 3.70. The average molecular weight is 213 g/mol. The Hall–Kier alpha value is -0.960. The number of halogens is 2. The molecule has 0 aliphatic carbocycles. The summed E-state index contributed by atoms with van der Waals surface area (Å²) >= 11 is 0. The quantitative estimate of drug-likeness (QED) is 0.739. The molecule has 3 heteroatoms. The molecule has 0 unspecified atom stereocenters. The average Bonchev–Trinajstić information content (AvgIpc) is 2.22. The molecule has 15 heavy (non-hydrogen) atoms. The summed E-state index contributed by atoms with van der Waals surface area (Å²) in [6.45, 7) is 4.96. The van der Waals surface area contributed by atoms with Crippen LogP contribution >= 0.6 is 0 Å². The Morgan fingerprint density at radius 2 is 2.00 bits per heavy atom. The zero-order chi connectivity index (χ0) is 11.3. The van der Waals surface area contributed by atoms with E-state index in [-0.39, 0.29) is 6.04 Å². The van der Waals surface area contributed by atoms with Gasteiger partial charge in [0, 0.05) is 6.04 Å². The Morgan fingerprint density at radius 1 is 1.27 bits per heavy atom. The van der Waals surface area contributed by atoms with Gasteiger partial charge in [-0.05, 0) is 37.6 Å². The van der Waals surface area contributed by atoms with Crippen molar-refractivity contribution in [3.05, 3.63) is 35.4 Å². The third kappa shape index (κ3) is 3.59. The lowest BCUT2D eigenvalue weighted by molar-refractivity contribution is 0.499. The van der Waals surface area contributed by atoms with E-state index in [0.29, 0.717) is 0 Å². The van der Waals surface area contributed by atoms with E-state index in [1.807, 2.05) is 6.92 Å². The van der Waals surface area contributed by atoms with E-state index >= 15 is 0 Å². The summed E-state index contributed by atoms with van der Waals surface area (Å²) in [7, 11) is 0. The summed E-state index contributed by atoms with van der Waals surface area (Å²) in [6, 6.07) is 4.09. The molecule has 0 saturated carbocycles. The zero-order valence-corrected chi connectivity index (χ0v) is 9.19. The summed E-state index contributed by atoms with van der Waals surface area (Å²) in [4.78, 5) is 0. The van der Waals surface area contributed by atoms with Gasteiger partial charge < -0.3 is 5.32 Å². The van der Waals surface area contributed by atoms with E-state index in [4.69, 9.17) is 0 Å². The third-order valence-corrected chi connectivity index (χ3v) is 2.42. The predicted molar refractivity (Wildman–Crippen MR) is 57.7 cm³/mol. The minimum absolute atomic E-state index is 0.0617. The van der Waals surface area contributed by atoms with Crippen LogP contribution in [-0.2, 0) is 0 Å². The second-order valence-corrected chi connectivity index (χ2v) is 3.70. The van der Waals surface area contributed by atoms with Crippen LogP contribution in [0.5, 0.6) is 0 Å². The highest BCUT2D eigenvalue weighted by atomic mass is 19.2. The first-order valence-corrected chi connectivity index (χ1v) is 5.33. The summed E-state index contributed by atoms with van der Waals surface area (Å²) in [5.41, 5.74) is 0.782. The molecule has 84 valence electrons. The van der Waals surface area contributed by atoms with Crippen LogP contribution in [0.15, 0.2) is 18.2 Å². The molecule has 1 aromatic carbocycles. The molecule has 1 rings (SSSR count). The van der Waals surface area contributed by atoms with Crippen LogP contribution in [0.4, 0.5) is 8.78 Å². The van der Waals surface area contributed by atoms with E-state index in [0.717, 1.165) is 24.9 Å². The number of hydrogen-bond donors (Lipinski definition) is 1. The Kier molecular flexibility index (Phi) is 4.69. The van der Waals surface area contributed by atoms with Crippen LogP contribution in [0, 0.1) is 11.6 Å². The van der Waals surface area contributed by atoms with Gasteiger partial charge in [-0.2, -0.15) is 0 Å². The monoisotopic (exact) mass is 213 g/mol. The Balaban J connectivity index is 2.57. The van der Waals surface area contributed by atoms with Gasteiger partial charge >= 0.3 is 0 Å². The molecule has 0 aliphatic rings. The minimum atomic E-state index is -0.792. The van der Waals surface area contributed by atoms with Gasteiger partial charge in [0.15, 0.2) is 11.6 Å². The van der Waals surface area contributed by atoms with E-state index in [2.05, 4.69) is 12.2 Å². The van der Waals surface area contributed by atoms with Crippen LogP contribution < -0.4 is 5.32 Å². The standard InChI is InChI=1S/C12H17F2N/c1-3-4-7-15-9(2)10-5-6-11(13)12(14)8-10/h5-6,8-9,15H,3-4,7H2,1-2H3/t9-/m0/s1. The van der Waals surface area contributed by atoms with Crippen molar-refractivity contribution in [3.8, 4) is 0 Å². The molecular formula is C12H17F2N. The normalized spacial score (nSPS) is 12.8. The molecule has 0 fully saturated rings. The van der Waals surface area contributed by atoms with Crippen LogP contribution in [0.25, 0.3) is 0 Å². The van der Waals surface area contributed by atoms with E-state index < -0.39 is 11.6 Å². The van der Waals surface area contributed by atoms with Gasteiger partial charge in [0.05, 0.1) is 0 Å². The first kappa shape index (κ1) is 12.1. The van der Waals surface area contributed by atoms with Gasteiger partial charge in [0.2, 0.25) is 0 Å². The van der Waals surface area contributed by atoms with Gasteiger partial charge in [-0.3, -0.25) is 0 Å². The maximum atomic E-state index is 12.9. The highest BCUT2D eigenvalue weighted by molar-refractivity contribution is 5.20. The van der Waals surface area contributed by atoms with Crippen molar-refractivity contribution in [1.82, 2.24) is 5.32 Å². The van der Waals surface area contributed by atoms with Crippen molar-refractivity contribution < 1.29 is 8.78 Å². The third-order valence-electron chi connectivity index (χ3n) is 2.42. The molecule has 1 N–H and O–H groups in total. The Labute approximate surface area is 89.5 Å². The van der Waals surface area contributed by atoms with Crippen molar-refractivity contribution >= 4 is 0 Å². The minimum Gasteiger partial charge on any atom is -0.310 e. The van der Waals surface area contributed by atoms with Crippen molar-refractivity contribution in [2.75, 3.05) is 6.54 Å². The first-order chi connectivity index (χ1) is 7.15. The van der Waals surface area contributed by atoms with Crippen molar-refractivity contribution in [3.63, 3.8) is 0 Å². The molecule has 1 atom stereocenters. The van der Waals surface area contributed by atoms with Crippen LogP contribution in [-0.4, -0.2) is 6.54 Å². The largest absolute Gasteiger partial charge is 0.310 e. The predicted octanol–water partition coefficient (Wildman–Crippen LogP) is 3.42. The molecule has 1 aromatic rings. The molecule has 0 saturated heterocycles. The molecular weight excluding hydrogens is 196 g/mol. The fourth-order valence-corrected chi connectivity index (χ4v) is 1.39. The first-order valence-electron chi connectivity index (χ1n) is 5.33. The maximum Gasteiger partial charge on any atom is 0.159 e. The highest BCUT2D eigenvalue weighted by Crippen LogP contribution is 2.15. The fraction of sp³-hybridized carbons (Fsp3) is 0.500. The topological polar surface area (TPSA) is 12.0 Å². The molecule has 0 aromatic heterocycles. The summed E-state index contributed by atoms with van der Waals surface area (Å²) < 4.78 is 25.6. The van der Waals surface area contributed by atoms with Gasteiger partial charge in [-0.15, -0.1) is 0 Å². The molecule has 0 bridgehead atoms. The molecule has 0 radical (unpaired) electrons. The van der Waals surface area contributed by atoms with Crippen LogP contribution in [0.2, 0.25) is 0 Å². The van der Waals surface area contributed by atoms with Gasteiger partial charge in [0.25, 0.3) is 0 Å². The smallest absolute Gasteiger partial charge is 0.159 e. The van der Waals surface area contributed by atoms with E-state index in [9.17, 15) is 8.78 Å². The molecule has 0 spiro atoms.